The SMILES string of the molecule is C(=C\c1ccc(-c2ccc3c(c2)c2ccccc2n3-c2cccc3ccccc23)cc1)/c1ccc(-c2ccc3c(c2)C(c2ccccc2)(c2ccccc2)c2cc(-c4ccc(/C=C/c5ccc(-c6ccc7c(c6)c6ccccc6n7-c6cccc7ccccc67)cc5)cc4)ccc2-3)cc1. The fourth-order valence-corrected chi connectivity index (χ4v) is 16.0. The second kappa shape index (κ2) is 23.8. The minimum absolute atomic E-state index is 0.563. The lowest BCUT2D eigenvalue weighted by Gasteiger charge is -2.34. The van der Waals surface area contributed by atoms with Crippen LogP contribution in [0.4, 0.5) is 0 Å². The Kier molecular flexibility index (Phi) is 13.8. The number of rotatable bonds is 12. The van der Waals surface area contributed by atoms with Crippen molar-refractivity contribution in [3.8, 4) is 67.0 Å². The molecule has 2 aromatic heterocycles. The Balaban J connectivity index is 0.577. The molecule has 0 N–H and O–H groups in total. The Morgan fingerprint density at radius 3 is 0.879 bits per heavy atom. The number of benzene rings is 16. The second-order valence-electron chi connectivity index (χ2n) is 26.3. The Labute approximate surface area is 575 Å². The van der Waals surface area contributed by atoms with E-state index >= 15 is 0 Å². The maximum atomic E-state index is 2.46. The van der Waals surface area contributed by atoms with Crippen molar-refractivity contribution in [3.05, 3.63) is 408 Å². The van der Waals surface area contributed by atoms with Crippen molar-refractivity contribution in [1.82, 2.24) is 9.13 Å². The molecule has 0 saturated carbocycles. The van der Waals surface area contributed by atoms with Gasteiger partial charge in [-0.15, -0.1) is 0 Å². The molecule has 0 saturated heterocycles. The topological polar surface area (TPSA) is 9.86 Å². The number of fused-ring (bicyclic) bond motifs is 11. The summed E-state index contributed by atoms with van der Waals surface area (Å²) < 4.78 is 4.85. The van der Waals surface area contributed by atoms with Crippen LogP contribution >= 0.6 is 0 Å². The van der Waals surface area contributed by atoms with Crippen molar-refractivity contribution in [2.75, 3.05) is 0 Å². The average molecular weight is 1260 g/mol. The van der Waals surface area contributed by atoms with Crippen molar-refractivity contribution < 1.29 is 0 Å². The van der Waals surface area contributed by atoms with Gasteiger partial charge in [0.05, 0.1) is 38.9 Å². The molecule has 1 aliphatic carbocycles. The van der Waals surface area contributed by atoms with Gasteiger partial charge in [-0.25, -0.2) is 0 Å². The highest BCUT2D eigenvalue weighted by Crippen LogP contribution is 2.58. The summed E-state index contributed by atoms with van der Waals surface area (Å²) in [5.74, 6) is 0. The van der Waals surface area contributed by atoms with E-state index in [1.54, 1.807) is 0 Å². The molecular weight excluding hydrogens is 1190 g/mol. The third-order valence-corrected chi connectivity index (χ3v) is 20.8. The Morgan fingerprint density at radius 2 is 0.495 bits per heavy atom. The summed E-state index contributed by atoms with van der Waals surface area (Å²) in [4.78, 5) is 0. The number of para-hydroxylation sites is 2. The Hall–Kier alpha value is -12.9. The standard InChI is InChI=1S/C97H64N2/c1-3-21-79(22-4-1)97(80-23-5-2-6-24-80)89-63-77(71-49-41-67(42-50-71)35-33-65-37-45-69(46-38-65)75-55-59-95-87(61-75)85-27-11-13-29-93(85)98(95)91-31-15-19-73-17-7-9-25-81(73)91)53-57-83(89)84-58-54-78(64-90(84)97)72-51-43-68(44-52-72)36-34-66-39-47-70(48-40-66)76-56-60-96-88(62-76)86-28-12-14-30-94(86)99(96)92-32-16-20-74-18-8-10-26-82(74)92/h1-64H/b35-33+,36-34+. The smallest absolute Gasteiger partial charge is 0.0713 e. The number of nitrogens with zero attached hydrogens (tertiary/aromatic N) is 2. The van der Waals surface area contributed by atoms with Crippen molar-refractivity contribution in [2.45, 2.75) is 5.41 Å². The molecule has 0 aliphatic heterocycles. The van der Waals surface area contributed by atoms with Crippen LogP contribution in [0, 0.1) is 0 Å². The van der Waals surface area contributed by atoms with E-state index in [1.165, 1.54) is 154 Å². The zero-order valence-electron chi connectivity index (χ0n) is 54.3. The van der Waals surface area contributed by atoms with Gasteiger partial charge in [-0.3, -0.25) is 0 Å². The molecular formula is C97H64N2. The third kappa shape index (κ3) is 9.79. The van der Waals surface area contributed by atoms with Gasteiger partial charge in [-0.2, -0.15) is 0 Å². The van der Waals surface area contributed by atoms with Gasteiger partial charge >= 0.3 is 0 Å². The fourth-order valence-electron chi connectivity index (χ4n) is 16.0. The first kappa shape index (κ1) is 57.6. The Bertz CT molecular complexity index is 5830. The summed E-state index contributed by atoms with van der Waals surface area (Å²) >= 11 is 0. The van der Waals surface area contributed by atoms with Crippen LogP contribution in [0.5, 0.6) is 0 Å². The summed E-state index contributed by atoms with van der Waals surface area (Å²) in [6.45, 7) is 0. The van der Waals surface area contributed by atoms with E-state index in [0.717, 1.165) is 22.3 Å². The number of hydrogen-bond acceptors (Lipinski definition) is 0. The minimum Gasteiger partial charge on any atom is -0.309 e. The van der Waals surface area contributed by atoms with Crippen LogP contribution in [0.3, 0.4) is 0 Å². The van der Waals surface area contributed by atoms with E-state index in [2.05, 4.69) is 397 Å². The van der Waals surface area contributed by atoms with E-state index < -0.39 is 5.41 Å². The van der Waals surface area contributed by atoms with Crippen molar-refractivity contribution >= 4 is 89.5 Å². The molecule has 0 unspecified atom stereocenters. The largest absolute Gasteiger partial charge is 0.309 e. The minimum atomic E-state index is -0.563. The van der Waals surface area contributed by atoms with E-state index in [4.69, 9.17) is 0 Å². The molecule has 462 valence electrons. The molecule has 2 nitrogen and oxygen atoms in total. The molecule has 18 aromatic rings. The summed E-state index contributed by atoms with van der Waals surface area (Å²) in [6, 6.07) is 134. The van der Waals surface area contributed by atoms with Gasteiger partial charge in [0.1, 0.15) is 0 Å². The van der Waals surface area contributed by atoms with Crippen LogP contribution in [-0.2, 0) is 5.41 Å². The number of hydrogen-bond donors (Lipinski definition) is 0. The van der Waals surface area contributed by atoms with Crippen LogP contribution in [0.2, 0.25) is 0 Å². The maximum absolute atomic E-state index is 2.46. The second-order valence-corrected chi connectivity index (χ2v) is 26.3. The van der Waals surface area contributed by atoms with E-state index in [0.29, 0.717) is 0 Å². The first-order chi connectivity index (χ1) is 49.1. The van der Waals surface area contributed by atoms with Gasteiger partial charge in [0.15, 0.2) is 0 Å². The summed E-state index contributed by atoms with van der Waals surface area (Å²) in [6.07, 6.45) is 8.88. The fraction of sp³-hybridized carbons (Fsp3) is 0.0103. The van der Waals surface area contributed by atoms with Crippen molar-refractivity contribution in [1.29, 1.82) is 0 Å². The van der Waals surface area contributed by atoms with E-state index in [-0.39, 0.29) is 0 Å². The molecule has 16 aromatic carbocycles. The highest BCUT2D eigenvalue weighted by Gasteiger charge is 2.46. The predicted octanol–water partition coefficient (Wildman–Crippen LogP) is 25.6. The number of aromatic nitrogens is 2. The van der Waals surface area contributed by atoms with Gasteiger partial charge in [-0.05, 0) is 172 Å². The first-order valence-corrected chi connectivity index (χ1v) is 34.3. The molecule has 0 bridgehead atoms. The molecule has 2 heterocycles. The van der Waals surface area contributed by atoms with Crippen LogP contribution in [0.15, 0.2) is 364 Å². The molecule has 0 spiro atoms. The van der Waals surface area contributed by atoms with Crippen LogP contribution in [0.1, 0.15) is 44.5 Å². The average Bonchev–Trinajstić information content (AvgIpc) is 1.56. The third-order valence-electron chi connectivity index (χ3n) is 20.8. The maximum Gasteiger partial charge on any atom is 0.0713 e. The molecule has 0 fully saturated rings. The van der Waals surface area contributed by atoms with E-state index in [1.807, 2.05) is 0 Å². The van der Waals surface area contributed by atoms with Gasteiger partial charge in [0, 0.05) is 32.3 Å². The highest BCUT2D eigenvalue weighted by atomic mass is 15.0. The lowest BCUT2D eigenvalue weighted by atomic mass is 9.67. The lowest BCUT2D eigenvalue weighted by Crippen LogP contribution is -2.28. The summed E-state index contributed by atoms with van der Waals surface area (Å²) in [5.41, 5.74) is 28.4. The van der Waals surface area contributed by atoms with Crippen molar-refractivity contribution in [3.63, 3.8) is 0 Å². The van der Waals surface area contributed by atoms with Crippen LogP contribution in [0.25, 0.3) is 156 Å². The zero-order valence-corrected chi connectivity index (χ0v) is 54.3. The quantitative estimate of drug-likeness (QED) is 0.108. The highest BCUT2D eigenvalue weighted by molar-refractivity contribution is 6.13. The van der Waals surface area contributed by atoms with Gasteiger partial charge < -0.3 is 9.13 Å². The predicted molar refractivity (Wildman–Crippen MR) is 420 cm³/mol. The van der Waals surface area contributed by atoms with Crippen LogP contribution < -0.4 is 0 Å². The normalized spacial score (nSPS) is 12.6. The monoisotopic (exact) mass is 1260 g/mol. The van der Waals surface area contributed by atoms with Crippen molar-refractivity contribution in [2.24, 2.45) is 0 Å². The molecule has 99 heavy (non-hydrogen) atoms. The van der Waals surface area contributed by atoms with Gasteiger partial charge in [0.2, 0.25) is 0 Å². The summed E-state index contributed by atoms with van der Waals surface area (Å²) in [5, 5.41) is 9.98. The lowest BCUT2D eigenvalue weighted by molar-refractivity contribution is 0.769. The summed E-state index contributed by atoms with van der Waals surface area (Å²) in [7, 11) is 0. The van der Waals surface area contributed by atoms with Gasteiger partial charge in [0.25, 0.3) is 0 Å². The zero-order chi connectivity index (χ0) is 65.4. The Morgan fingerprint density at radius 1 is 0.202 bits per heavy atom. The van der Waals surface area contributed by atoms with Crippen LogP contribution in [-0.4, -0.2) is 9.13 Å². The molecule has 0 radical (unpaired) electrons. The van der Waals surface area contributed by atoms with Gasteiger partial charge in [-0.1, -0.05) is 328 Å². The molecule has 0 amide bonds. The molecule has 19 rings (SSSR count). The first-order valence-electron chi connectivity index (χ1n) is 34.3. The molecule has 1 aliphatic rings. The van der Waals surface area contributed by atoms with E-state index in [9.17, 15) is 0 Å². The molecule has 2 heteroatoms. The molecule has 0 atom stereocenters.